The van der Waals surface area contributed by atoms with Gasteiger partial charge in [0.05, 0.1) is 24.1 Å². The van der Waals surface area contributed by atoms with Gasteiger partial charge in [0.15, 0.2) is 5.16 Å². The van der Waals surface area contributed by atoms with Gasteiger partial charge in [-0.1, -0.05) is 61.5 Å². The second-order valence-corrected chi connectivity index (χ2v) is 9.21. The average Bonchev–Trinajstić information content (AvgIpc) is 3.35. The van der Waals surface area contributed by atoms with Crippen LogP contribution in [-0.2, 0) is 17.0 Å². The molecule has 1 aromatic heterocycles. The molecule has 1 amide bonds. The fraction of sp³-hybridized carbons (Fsp3) is 0.346. The summed E-state index contributed by atoms with van der Waals surface area (Å²) in [6, 6.07) is 13.5. The van der Waals surface area contributed by atoms with Gasteiger partial charge in [-0.25, -0.2) is 4.98 Å². The molecular formula is C26H29N3O3S. The maximum Gasteiger partial charge on any atom is 0.262 e. The van der Waals surface area contributed by atoms with Gasteiger partial charge in [0.25, 0.3) is 11.5 Å². The molecule has 0 unspecified atom stereocenters. The van der Waals surface area contributed by atoms with Crippen LogP contribution in [0.4, 0.5) is 0 Å². The Balaban J connectivity index is 1.63. The Morgan fingerprint density at radius 1 is 1.24 bits per heavy atom. The Morgan fingerprint density at radius 3 is 2.70 bits per heavy atom. The van der Waals surface area contributed by atoms with E-state index in [0.29, 0.717) is 40.5 Å². The molecule has 0 spiro atoms. The Labute approximate surface area is 198 Å². The van der Waals surface area contributed by atoms with Gasteiger partial charge in [0.2, 0.25) is 0 Å². The van der Waals surface area contributed by atoms with E-state index in [9.17, 15) is 9.59 Å². The van der Waals surface area contributed by atoms with Crippen LogP contribution in [0.15, 0.2) is 59.0 Å². The van der Waals surface area contributed by atoms with Crippen LogP contribution >= 0.6 is 11.8 Å². The molecule has 33 heavy (non-hydrogen) atoms. The Morgan fingerprint density at radius 2 is 2.00 bits per heavy atom. The normalized spacial score (nSPS) is 14.0. The molecule has 1 aliphatic carbocycles. The van der Waals surface area contributed by atoms with Crippen molar-refractivity contribution >= 4 is 34.6 Å². The van der Waals surface area contributed by atoms with Crippen LogP contribution in [0.3, 0.4) is 0 Å². The third-order valence-corrected chi connectivity index (χ3v) is 7.02. The van der Waals surface area contributed by atoms with Gasteiger partial charge in [-0.15, -0.1) is 0 Å². The number of nitrogens with zero attached hydrogens (tertiary/aromatic N) is 2. The zero-order valence-corrected chi connectivity index (χ0v) is 19.7. The van der Waals surface area contributed by atoms with Crippen molar-refractivity contribution in [3.8, 4) is 0 Å². The smallest absolute Gasteiger partial charge is 0.262 e. The fourth-order valence-corrected chi connectivity index (χ4v) is 5.05. The van der Waals surface area contributed by atoms with E-state index in [-0.39, 0.29) is 17.5 Å². The van der Waals surface area contributed by atoms with Gasteiger partial charge in [0.1, 0.15) is 0 Å². The van der Waals surface area contributed by atoms with Crippen molar-refractivity contribution in [1.82, 2.24) is 14.9 Å². The first kappa shape index (κ1) is 23.3. The van der Waals surface area contributed by atoms with Crippen molar-refractivity contribution in [3.63, 3.8) is 0 Å². The second-order valence-electron chi connectivity index (χ2n) is 8.27. The number of carbonyl (C=O) groups is 1. The maximum atomic E-state index is 13.3. The van der Waals surface area contributed by atoms with E-state index in [2.05, 4.69) is 11.9 Å². The van der Waals surface area contributed by atoms with Crippen LogP contribution < -0.4 is 10.9 Å². The molecule has 1 heterocycles. The van der Waals surface area contributed by atoms with E-state index in [0.717, 1.165) is 36.8 Å². The van der Waals surface area contributed by atoms with Crippen LogP contribution in [0, 0.1) is 0 Å². The highest BCUT2D eigenvalue weighted by Crippen LogP contribution is 2.24. The number of ether oxygens (including phenoxy) is 1. The van der Waals surface area contributed by atoms with Gasteiger partial charge in [0, 0.05) is 24.5 Å². The lowest BCUT2D eigenvalue weighted by atomic mass is 10.1. The molecule has 1 aliphatic rings. The first-order valence-corrected chi connectivity index (χ1v) is 12.3. The van der Waals surface area contributed by atoms with Crippen LogP contribution in [0.25, 0.3) is 17.0 Å². The number of carbonyl (C=O) groups excluding carboxylic acids is 1. The summed E-state index contributed by atoms with van der Waals surface area (Å²) in [5, 5.41) is 4.22. The number of benzene rings is 2. The number of nitrogens with one attached hydrogen (secondary N) is 1. The predicted octanol–water partition coefficient (Wildman–Crippen LogP) is 4.65. The molecule has 7 heteroatoms. The standard InChI is InChI=1S/C26H29N3O3S/c1-3-18-8-10-19(11-9-18)17-33-26-28-23-16-20(24(30)27-21-6-4-5-7-21)12-13-22(23)25(31)29(26)14-15-32-2/h3,8-13,16,21H,1,4-7,14-15,17H2,2H3,(H,27,30). The number of hydrogen-bond donors (Lipinski definition) is 1. The lowest BCUT2D eigenvalue weighted by Gasteiger charge is -2.14. The number of rotatable bonds is 9. The van der Waals surface area contributed by atoms with E-state index in [4.69, 9.17) is 9.72 Å². The summed E-state index contributed by atoms with van der Waals surface area (Å²) in [5.41, 5.74) is 3.14. The average molecular weight is 464 g/mol. The number of aromatic nitrogens is 2. The van der Waals surface area contributed by atoms with Gasteiger partial charge in [-0.05, 0) is 42.2 Å². The minimum Gasteiger partial charge on any atom is -0.383 e. The molecule has 1 saturated carbocycles. The highest BCUT2D eigenvalue weighted by molar-refractivity contribution is 7.98. The highest BCUT2D eigenvalue weighted by atomic mass is 32.2. The van der Waals surface area contributed by atoms with Crippen LogP contribution in [0.5, 0.6) is 0 Å². The number of thioether (sulfide) groups is 1. The largest absolute Gasteiger partial charge is 0.383 e. The van der Waals surface area contributed by atoms with E-state index in [1.807, 2.05) is 30.3 Å². The van der Waals surface area contributed by atoms with Crippen LogP contribution in [0.2, 0.25) is 0 Å². The number of fused-ring (bicyclic) bond motifs is 1. The topological polar surface area (TPSA) is 73.2 Å². The van der Waals surface area contributed by atoms with E-state index >= 15 is 0 Å². The summed E-state index contributed by atoms with van der Waals surface area (Å²) in [5.74, 6) is 0.565. The first-order chi connectivity index (χ1) is 16.1. The molecule has 172 valence electrons. The van der Waals surface area contributed by atoms with Crippen molar-refractivity contribution in [2.45, 2.75) is 49.2 Å². The first-order valence-electron chi connectivity index (χ1n) is 11.3. The molecule has 0 aliphatic heterocycles. The zero-order valence-electron chi connectivity index (χ0n) is 18.9. The van der Waals surface area contributed by atoms with Gasteiger partial charge in [-0.3, -0.25) is 14.2 Å². The second kappa shape index (κ2) is 10.8. The predicted molar refractivity (Wildman–Crippen MR) is 134 cm³/mol. The molecule has 0 bridgehead atoms. The summed E-state index contributed by atoms with van der Waals surface area (Å²) in [6.45, 7) is 4.62. The molecule has 6 nitrogen and oxygen atoms in total. The van der Waals surface area contributed by atoms with Crippen molar-refractivity contribution in [2.24, 2.45) is 0 Å². The lowest BCUT2D eigenvalue weighted by Crippen LogP contribution is -2.32. The van der Waals surface area contributed by atoms with Crippen molar-refractivity contribution < 1.29 is 9.53 Å². The quantitative estimate of drug-likeness (QED) is 0.369. The van der Waals surface area contributed by atoms with E-state index < -0.39 is 0 Å². The summed E-state index contributed by atoms with van der Waals surface area (Å²) in [6.07, 6.45) is 6.17. The van der Waals surface area contributed by atoms with Crippen LogP contribution in [-0.4, -0.2) is 35.2 Å². The Bertz CT molecular complexity index is 1200. The summed E-state index contributed by atoms with van der Waals surface area (Å²) in [7, 11) is 1.61. The molecule has 0 radical (unpaired) electrons. The summed E-state index contributed by atoms with van der Waals surface area (Å²) >= 11 is 1.50. The number of hydrogen-bond acceptors (Lipinski definition) is 5. The molecule has 4 rings (SSSR count). The minimum atomic E-state index is -0.121. The van der Waals surface area contributed by atoms with Gasteiger partial charge in [-0.2, -0.15) is 0 Å². The van der Waals surface area contributed by atoms with Gasteiger partial charge >= 0.3 is 0 Å². The fourth-order valence-electron chi connectivity index (χ4n) is 4.07. The Hall–Kier alpha value is -2.90. The number of methoxy groups -OCH3 is 1. The Kier molecular flexibility index (Phi) is 7.62. The zero-order chi connectivity index (χ0) is 23.2. The molecule has 0 saturated heterocycles. The number of amides is 1. The summed E-state index contributed by atoms with van der Waals surface area (Å²) in [4.78, 5) is 30.8. The molecule has 3 aromatic rings. The van der Waals surface area contributed by atoms with E-state index in [1.165, 1.54) is 11.8 Å². The van der Waals surface area contributed by atoms with E-state index in [1.54, 1.807) is 29.9 Å². The lowest BCUT2D eigenvalue weighted by molar-refractivity contribution is 0.0938. The third-order valence-electron chi connectivity index (χ3n) is 5.98. The molecule has 2 aromatic carbocycles. The van der Waals surface area contributed by atoms with Crippen molar-refractivity contribution in [1.29, 1.82) is 0 Å². The molecule has 1 fully saturated rings. The molecule has 0 atom stereocenters. The SMILES string of the molecule is C=Cc1ccc(CSc2nc3cc(C(=O)NC4CCCC4)ccc3c(=O)n2CCOC)cc1. The maximum absolute atomic E-state index is 13.3. The minimum absolute atomic E-state index is 0.106. The molecule has 1 N–H and O–H groups in total. The molecular weight excluding hydrogens is 434 g/mol. The third kappa shape index (κ3) is 5.54. The van der Waals surface area contributed by atoms with Crippen molar-refractivity contribution in [3.05, 3.63) is 76.1 Å². The summed E-state index contributed by atoms with van der Waals surface area (Å²) < 4.78 is 6.87. The van der Waals surface area contributed by atoms with Crippen LogP contribution in [0.1, 0.15) is 47.2 Å². The highest BCUT2D eigenvalue weighted by Gasteiger charge is 2.19. The monoisotopic (exact) mass is 463 g/mol. The van der Waals surface area contributed by atoms with Gasteiger partial charge < -0.3 is 10.1 Å². The van der Waals surface area contributed by atoms with Crippen molar-refractivity contribution in [2.75, 3.05) is 13.7 Å².